The molecule has 7 heteroatoms. The molecule has 2 heterocycles. The van der Waals surface area contributed by atoms with Gasteiger partial charge in [0.2, 0.25) is 5.13 Å². The van der Waals surface area contributed by atoms with Crippen molar-refractivity contribution >= 4 is 28.2 Å². The van der Waals surface area contributed by atoms with E-state index in [1.165, 1.54) is 11.1 Å². The Hall–Kier alpha value is -1.31. The summed E-state index contributed by atoms with van der Waals surface area (Å²) in [4.78, 5) is 0. The topological polar surface area (TPSA) is 56.3 Å². The molecule has 1 atom stereocenters. The first-order valence-electron chi connectivity index (χ1n) is 8.72. The van der Waals surface area contributed by atoms with Gasteiger partial charge in [-0.2, -0.15) is 0 Å². The number of aryl methyl sites for hydroxylation is 2. The summed E-state index contributed by atoms with van der Waals surface area (Å²) in [6.45, 7) is 6.65. The Balaban J connectivity index is 1.31. The fraction of sp³-hybridized carbons (Fsp3) is 0.556. The molecular weight excluding hydrogens is 354 g/mol. The van der Waals surface area contributed by atoms with Gasteiger partial charge in [0.1, 0.15) is 5.75 Å². The van der Waals surface area contributed by atoms with Gasteiger partial charge in [-0.15, -0.1) is 10.2 Å². The van der Waals surface area contributed by atoms with Gasteiger partial charge in [-0.1, -0.05) is 29.2 Å². The Morgan fingerprint density at radius 2 is 2.24 bits per heavy atom. The van der Waals surface area contributed by atoms with Crippen molar-refractivity contribution in [3.05, 3.63) is 29.3 Å². The minimum atomic E-state index is 0.322. The van der Waals surface area contributed by atoms with Gasteiger partial charge >= 0.3 is 0 Å². The molecule has 1 aliphatic rings. The first-order chi connectivity index (χ1) is 12.2. The number of thioether (sulfide) groups is 1. The van der Waals surface area contributed by atoms with Crippen molar-refractivity contribution in [3.8, 4) is 5.75 Å². The van der Waals surface area contributed by atoms with E-state index in [1.54, 1.807) is 23.1 Å². The van der Waals surface area contributed by atoms with Crippen molar-refractivity contribution in [1.29, 1.82) is 0 Å². The maximum atomic E-state index is 5.81. The molecule has 25 heavy (non-hydrogen) atoms. The van der Waals surface area contributed by atoms with E-state index in [0.29, 0.717) is 6.10 Å². The number of nitrogens with zero attached hydrogens (tertiary/aromatic N) is 2. The van der Waals surface area contributed by atoms with Crippen molar-refractivity contribution < 1.29 is 9.47 Å². The number of aromatic nitrogens is 2. The third kappa shape index (κ3) is 5.87. The third-order valence-electron chi connectivity index (χ3n) is 4.17. The molecule has 1 N–H and O–H groups in total. The van der Waals surface area contributed by atoms with Crippen LogP contribution in [0.3, 0.4) is 0 Å². The first-order valence-corrected chi connectivity index (χ1v) is 10.5. The van der Waals surface area contributed by atoms with E-state index < -0.39 is 0 Å². The quantitative estimate of drug-likeness (QED) is 0.518. The second-order valence-corrected chi connectivity index (χ2v) is 8.51. The van der Waals surface area contributed by atoms with Crippen LogP contribution in [0.15, 0.2) is 22.5 Å². The molecule has 0 amide bonds. The van der Waals surface area contributed by atoms with Crippen LogP contribution in [0, 0.1) is 13.8 Å². The lowest BCUT2D eigenvalue weighted by Crippen LogP contribution is -2.18. The molecule has 3 rings (SSSR count). The number of benzene rings is 1. The molecule has 1 fully saturated rings. The van der Waals surface area contributed by atoms with Crippen LogP contribution in [-0.4, -0.2) is 41.8 Å². The Bertz CT molecular complexity index is 672. The Morgan fingerprint density at radius 1 is 1.32 bits per heavy atom. The molecule has 0 saturated carbocycles. The highest BCUT2D eigenvalue weighted by atomic mass is 32.2. The van der Waals surface area contributed by atoms with Gasteiger partial charge in [-0.05, 0) is 56.4 Å². The van der Waals surface area contributed by atoms with E-state index >= 15 is 0 Å². The van der Waals surface area contributed by atoms with Crippen molar-refractivity contribution in [2.45, 2.75) is 43.6 Å². The average Bonchev–Trinajstić information content (AvgIpc) is 3.27. The van der Waals surface area contributed by atoms with Crippen LogP contribution in [0.4, 0.5) is 5.13 Å². The first kappa shape index (κ1) is 18.5. The van der Waals surface area contributed by atoms with Crippen LogP contribution in [0.5, 0.6) is 5.75 Å². The summed E-state index contributed by atoms with van der Waals surface area (Å²) in [7, 11) is 0. The zero-order valence-corrected chi connectivity index (χ0v) is 16.4. The molecule has 1 aromatic carbocycles. The van der Waals surface area contributed by atoms with Crippen LogP contribution < -0.4 is 10.1 Å². The van der Waals surface area contributed by atoms with E-state index in [4.69, 9.17) is 9.47 Å². The third-order valence-corrected chi connectivity index (χ3v) is 6.27. The highest BCUT2D eigenvalue weighted by Gasteiger charge is 2.15. The number of nitrogens with one attached hydrogen (secondary N) is 1. The second kappa shape index (κ2) is 9.40. The Kier molecular flexibility index (Phi) is 6.95. The van der Waals surface area contributed by atoms with Gasteiger partial charge in [0.15, 0.2) is 4.34 Å². The SMILES string of the molecule is Cc1ccc(OCCCSc2nnc(NCC3CCCO3)s2)cc1C. The summed E-state index contributed by atoms with van der Waals surface area (Å²) < 4.78 is 12.4. The molecule has 0 spiro atoms. The summed E-state index contributed by atoms with van der Waals surface area (Å²) in [6, 6.07) is 6.23. The minimum absolute atomic E-state index is 0.322. The Morgan fingerprint density at radius 3 is 3.04 bits per heavy atom. The lowest BCUT2D eigenvalue weighted by Gasteiger charge is -2.08. The fourth-order valence-corrected chi connectivity index (χ4v) is 4.30. The zero-order valence-electron chi connectivity index (χ0n) is 14.8. The lowest BCUT2D eigenvalue weighted by molar-refractivity contribution is 0.120. The molecule has 0 aliphatic carbocycles. The number of hydrogen-bond acceptors (Lipinski definition) is 7. The molecular formula is C18H25N3O2S2. The highest BCUT2D eigenvalue weighted by Crippen LogP contribution is 2.26. The summed E-state index contributed by atoms with van der Waals surface area (Å²) in [5.41, 5.74) is 2.56. The normalized spacial score (nSPS) is 17.0. The summed E-state index contributed by atoms with van der Waals surface area (Å²) in [5.74, 6) is 1.93. The monoisotopic (exact) mass is 379 g/mol. The summed E-state index contributed by atoms with van der Waals surface area (Å²) >= 11 is 3.34. The second-order valence-electron chi connectivity index (χ2n) is 6.19. The summed E-state index contributed by atoms with van der Waals surface area (Å²) in [6.07, 6.45) is 3.60. The predicted octanol–water partition coefficient (Wildman–Crippen LogP) is 4.31. The van der Waals surface area contributed by atoms with E-state index in [-0.39, 0.29) is 0 Å². The standard InChI is InChI=1S/C18H25N3O2S2/c1-13-6-7-15(11-14(13)2)22-9-4-10-24-18-21-20-17(25-18)19-12-16-5-3-8-23-16/h6-7,11,16H,3-5,8-10,12H2,1-2H3,(H,19,20). The van der Waals surface area contributed by atoms with Gasteiger partial charge in [0, 0.05) is 18.9 Å². The van der Waals surface area contributed by atoms with E-state index in [2.05, 4.69) is 41.5 Å². The fourth-order valence-electron chi connectivity index (χ4n) is 2.56. The minimum Gasteiger partial charge on any atom is -0.494 e. The van der Waals surface area contributed by atoms with Crippen molar-refractivity contribution in [2.75, 3.05) is 30.8 Å². The van der Waals surface area contributed by atoms with Gasteiger partial charge in [0.05, 0.1) is 12.7 Å². The predicted molar refractivity (Wildman–Crippen MR) is 104 cm³/mol. The molecule has 136 valence electrons. The van der Waals surface area contributed by atoms with Crippen molar-refractivity contribution in [3.63, 3.8) is 0 Å². The van der Waals surface area contributed by atoms with Gasteiger partial charge in [0.25, 0.3) is 0 Å². The Labute approximate surface area is 157 Å². The molecule has 5 nitrogen and oxygen atoms in total. The highest BCUT2D eigenvalue weighted by molar-refractivity contribution is 8.01. The van der Waals surface area contributed by atoms with Crippen LogP contribution in [-0.2, 0) is 4.74 Å². The number of anilines is 1. The smallest absolute Gasteiger partial charge is 0.206 e. The molecule has 1 aromatic heterocycles. The van der Waals surface area contributed by atoms with Crippen LogP contribution >= 0.6 is 23.1 Å². The molecule has 1 aliphatic heterocycles. The van der Waals surface area contributed by atoms with Crippen LogP contribution in [0.1, 0.15) is 30.4 Å². The average molecular weight is 380 g/mol. The van der Waals surface area contributed by atoms with Crippen molar-refractivity contribution in [2.24, 2.45) is 0 Å². The largest absolute Gasteiger partial charge is 0.494 e. The van der Waals surface area contributed by atoms with E-state index in [9.17, 15) is 0 Å². The molecule has 2 aromatic rings. The van der Waals surface area contributed by atoms with Gasteiger partial charge < -0.3 is 14.8 Å². The number of rotatable bonds is 9. The van der Waals surface area contributed by atoms with Crippen LogP contribution in [0.25, 0.3) is 0 Å². The maximum Gasteiger partial charge on any atom is 0.206 e. The summed E-state index contributed by atoms with van der Waals surface area (Å²) in [5, 5.41) is 12.6. The molecule has 1 unspecified atom stereocenters. The van der Waals surface area contributed by atoms with Crippen LogP contribution in [0.2, 0.25) is 0 Å². The zero-order chi connectivity index (χ0) is 17.5. The van der Waals surface area contributed by atoms with E-state index in [0.717, 1.165) is 60.0 Å². The number of hydrogen-bond donors (Lipinski definition) is 1. The van der Waals surface area contributed by atoms with Gasteiger partial charge in [-0.25, -0.2) is 0 Å². The van der Waals surface area contributed by atoms with E-state index in [1.807, 2.05) is 6.07 Å². The molecule has 0 bridgehead atoms. The number of ether oxygens (including phenoxy) is 2. The molecule has 1 saturated heterocycles. The van der Waals surface area contributed by atoms with Crippen molar-refractivity contribution in [1.82, 2.24) is 10.2 Å². The maximum absolute atomic E-state index is 5.81. The van der Waals surface area contributed by atoms with Gasteiger partial charge in [-0.3, -0.25) is 0 Å². The molecule has 0 radical (unpaired) electrons. The lowest BCUT2D eigenvalue weighted by atomic mass is 10.1.